The predicted octanol–water partition coefficient (Wildman–Crippen LogP) is 0.488. The third-order valence-electron chi connectivity index (χ3n) is 4.38. The van der Waals surface area contributed by atoms with Crippen molar-refractivity contribution in [1.82, 2.24) is 14.2 Å². The summed E-state index contributed by atoms with van der Waals surface area (Å²) < 4.78 is 26.3. The van der Waals surface area contributed by atoms with Crippen LogP contribution in [0.25, 0.3) is 0 Å². The third kappa shape index (κ3) is 2.86. The fraction of sp³-hybridized carbons (Fsp3) is 0.571. The molecule has 2 aliphatic rings. The van der Waals surface area contributed by atoms with Gasteiger partial charge in [0.15, 0.2) is 0 Å². The van der Waals surface area contributed by atoms with Gasteiger partial charge in [-0.25, -0.2) is 8.42 Å². The zero-order valence-electron chi connectivity index (χ0n) is 12.6. The van der Waals surface area contributed by atoms with Crippen LogP contribution in [0.4, 0.5) is 0 Å². The number of sulfonamides is 1. The Kier molecular flexibility index (Phi) is 4.15. The molecule has 0 saturated carbocycles. The maximum atomic E-state index is 12.6. The van der Waals surface area contributed by atoms with Gasteiger partial charge in [0.25, 0.3) is 5.91 Å². The number of carbonyl (C=O) groups is 2. The summed E-state index contributed by atoms with van der Waals surface area (Å²) >= 11 is 0. The summed E-state index contributed by atoms with van der Waals surface area (Å²) in [7, 11) is -3.92. The van der Waals surface area contributed by atoms with Gasteiger partial charge in [0.05, 0.1) is 0 Å². The maximum absolute atomic E-state index is 12.6. The van der Waals surface area contributed by atoms with Crippen molar-refractivity contribution in [2.24, 2.45) is 0 Å². The minimum Gasteiger partial charge on any atom is -0.480 e. The zero-order chi connectivity index (χ0) is 16.6. The summed E-state index contributed by atoms with van der Waals surface area (Å²) in [6.07, 6.45) is 3.98. The number of H-pyrrole nitrogens is 1. The molecule has 23 heavy (non-hydrogen) atoms. The van der Waals surface area contributed by atoms with Crippen molar-refractivity contribution in [3.8, 4) is 0 Å². The van der Waals surface area contributed by atoms with Gasteiger partial charge in [0, 0.05) is 25.8 Å². The van der Waals surface area contributed by atoms with E-state index in [1.54, 1.807) is 4.90 Å². The predicted molar refractivity (Wildman–Crippen MR) is 80.5 cm³/mol. The summed E-state index contributed by atoms with van der Waals surface area (Å²) in [6.45, 7) is 1.53. The number of amides is 1. The molecule has 126 valence electrons. The SMILES string of the molecule is O=C(O)[C@@H]1CCCN1S(=O)(=O)c1c[nH]c(C(=O)N2CCCC2)c1. The fourth-order valence-corrected chi connectivity index (χ4v) is 4.79. The van der Waals surface area contributed by atoms with Crippen LogP contribution in [0, 0.1) is 0 Å². The molecule has 0 radical (unpaired) electrons. The first-order valence-corrected chi connectivity index (χ1v) is 9.07. The number of aliphatic carboxylic acids is 1. The van der Waals surface area contributed by atoms with Crippen molar-refractivity contribution < 1.29 is 23.1 Å². The molecule has 3 heterocycles. The summed E-state index contributed by atoms with van der Waals surface area (Å²) in [5.41, 5.74) is 0.219. The lowest BCUT2D eigenvalue weighted by molar-refractivity contribution is -0.140. The normalized spacial score (nSPS) is 22.6. The monoisotopic (exact) mass is 341 g/mol. The standard InChI is InChI=1S/C14H19N3O5S/c18-13(16-5-1-2-6-16)11-8-10(9-15-11)23(21,22)17-7-3-4-12(17)14(19)20/h8-9,12,15H,1-7H2,(H,19,20)/t12-/m0/s1. The average Bonchev–Trinajstić information content (AvgIpc) is 3.25. The summed E-state index contributed by atoms with van der Waals surface area (Å²) in [5.74, 6) is -1.37. The van der Waals surface area contributed by atoms with Crippen LogP contribution in [-0.2, 0) is 14.8 Å². The van der Waals surface area contributed by atoms with E-state index in [-0.39, 0.29) is 23.0 Å². The summed E-state index contributed by atoms with van der Waals surface area (Å²) in [4.78, 5) is 27.8. The highest BCUT2D eigenvalue weighted by Gasteiger charge is 2.40. The van der Waals surface area contributed by atoms with E-state index in [2.05, 4.69) is 4.98 Å². The van der Waals surface area contributed by atoms with E-state index in [4.69, 9.17) is 5.11 Å². The van der Waals surface area contributed by atoms with Crippen LogP contribution in [0.3, 0.4) is 0 Å². The minimum atomic E-state index is -3.92. The Hall–Kier alpha value is -1.87. The van der Waals surface area contributed by atoms with Crippen LogP contribution in [0.1, 0.15) is 36.2 Å². The third-order valence-corrected chi connectivity index (χ3v) is 6.26. The highest BCUT2D eigenvalue weighted by molar-refractivity contribution is 7.89. The fourth-order valence-electron chi connectivity index (χ4n) is 3.15. The second-order valence-corrected chi connectivity index (χ2v) is 7.75. The molecule has 3 rings (SSSR count). The highest BCUT2D eigenvalue weighted by Crippen LogP contribution is 2.27. The number of aromatic nitrogens is 1. The number of nitrogens with zero attached hydrogens (tertiary/aromatic N) is 2. The van der Waals surface area contributed by atoms with E-state index in [0.717, 1.165) is 17.1 Å². The number of hydrogen-bond donors (Lipinski definition) is 2. The number of rotatable bonds is 4. The van der Waals surface area contributed by atoms with E-state index in [1.165, 1.54) is 12.3 Å². The molecule has 9 heteroatoms. The molecule has 2 saturated heterocycles. The van der Waals surface area contributed by atoms with E-state index in [1.807, 2.05) is 0 Å². The van der Waals surface area contributed by atoms with Crippen LogP contribution in [0.2, 0.25) is 0 Å². The van der Waals surface area contributed by atoms with E-state index in [0.29, 0.717) is 25.9 Å². The number of nitrogens with one attached hydrogen (secondary N) is 1. The lowest BCUT2D eigenvalue weighted by Gasteiger charge is -2.20. The molecule has 1 atom stereocenters. The molecule has 8 nitrogen and oxygen atoms in total. The first-order chi connectivity index (χ1) is 10.9. The Bertz CT molecular complexity index is 721. The van der Waals surface area contributed by atoms with Crippen LogP contribution in [0.15, 0.2) is 17.2 Å². The van der Waals surface area contributed by atoms with Gasteiger partial charge in [0.1, 0.15) is 16.6 Å². The van der Waals surface area contributed by atoms with Crippen molar-refractivity contribution in [3.63, 3.8) is 0 Å². The van der Waals surface area contributed by atoms with Crippen LogP contribution in [0.5, 0.6) is 0 Å². The van der Waals surface area contributed by atoms with Gasteiger partial charge >= 0.3 is 5.97 Å². The van der Waals surface area contributed by atoms with Gasteiger partial charge < -0.3 is 15.0 Å². The van der Waals surface area contributed by atoms with E-state index in [9.17, 15) is 18.0 Å². The lowest BCUT2D eigenvalue weighted by Crippen LogP contribution is -2.40. The van der Waals surface area contributed by atoms with Crippen LogP contribution >= 0.6 is 0 Å². The second-order valence-electron chi connectivity index (χ2n) is 5.86. The number of carbonyl (C=O) groups excluding carboxylic acids is 1. The molecule has 2 N–H and O–H groups in total. The molecule has 0 spiro atoms. The molecule has 1 aromatic rings. The Labute approximate surface area is 134 Å². The van der Waals surface area contributed by atoms with Crippen LogP contribution < -0.4 is 0 Å². The maximum Gasteiger partial charge on any atom is 0.322 e. The van der Waals surface area contributed by atoms with Crippen LogP contribution in [-0.4, -0.2) is 65.3 Å². The number of hydrogen-bond acceptors (Lipinski definition) is 4. The van der Waals surface area contributed by atoms with Crippen molar-refractivity contribution in [3.05, 3.63) is 18.0 Å². The number of likely N-dealkylation sites (tertiary alicyclic amines) is 1. The Morgan fingerprint density at radius 3 is 2.52 bits per heavy atom. The first kappa shape index (κ1) is 16.0. The smallest absolute Gasteiger partial charge is 0.322 e. The molecule has 1 amide bonds. The largest absolute Gasteiger partial charge is 0.480 e. The van der Waals surface area contributed by atoms with Gasteiger partial charge in [0.2, 0.25) is 10.0 Å². The molecule has 0 unspecified atom stereocenters. The Balaban J connectivity index is 1.84. The number of aromatic amines is 1. The van der Waals surface area contributed by atoms with Gasteiger partial charge in [-0.15, -0.1) is 0 Å². The summed E-state index contributed by atoms with van der Waals surface area (Å²) in [6, 6.07) is 0.264. The highest BCUT2D eigenvalue weighted by atomic mass is 32.2. The van der Waals surface area contributed by atoms with Gasteiger partial charge in [-0.3, -0.25) is 9.59 Å². The first-order valence-electron chi connectivity index (χ1n) is 7.63. The van der Waals surface area contributed by atoms with Crippen molar-refractivity contribution in [2.45, 2.75) is 36.6 Å². The van der Waals surface area contributed by atoms with Gasteiger partial charge in [-0.2, -0.15) is 4.31 Å². The topological polar surface area (TPSA) is 111 Å². The quantitative estimate of drug-likeness (QED) is 0.828. The molecule has 1 aromatic heterocycles. The molecule has 0 aliphatic carbocycles. The van der Waals surface area contributed by atoms with Crippen molar-refractivity contribution >= 4 is 21.9 Å². The Morgan fingerprint density at radius 2 is 1.87 bits per heavy atom. The molecule has 2 aliphatic heterocycles. The molecular formula is C14H19N3O5S. The van der Waals surface area contributed by atoms with Crippen molar-refractivity contribution in [1.29, 1.82) is 0 Å². The second kappa shape index (κ2) is 5.97. The number of carboxylic acid groups (broad SMARTS) is 1. The Morgan fingerprint density at radius 1 is 1.17 bits per heavy atom. The van der Waals surface area contributed by atoms with Crippen molar-refractivity contribution in [2.75, 3.05) is 19.6 Å². The van der Waals surface area contributed by atoms with Gasteiger partial charge in [-0.05, 0) is 31.7 Å². The number of carboxylic acids is 1. The summed E-state index contributed by atoms with van der Waals surface area (Å²) in [5, 5.41) is 9.16. The zero-order valence-corrected chi connectivity index (χ0v) is 13.4. The minimum absolute atomic E-state index is 0.0619. The molecule has 0 bridgehead atoms. The average molecular weight is 341 g/mol. The van der Waals surface area contributed by atoms with Gasteiger partial charge in [-0.1, -0.05) is 0 Å². The molecule has 0 aromatic carbocycles. The molecule has 2 fully saturated rings. The van der Waals surface area contributed by atoms with E-state index < -0.39 is 22.0 Å². The molecular weight excluding hydrogens is 322 g/mol. The lowest BCUT2D eigenvalue weighted by atomic mass is 10.2. The van der Waals surface area contributed by atoms with E-state index >= 15 is 0 Å².